The first-order valence-corrected chi connectivity index (χ1v) is 8.04. The fourth-order valence-corrected chi connectivity index (χ4v) is 2.75. The van der Waals surface area contributed by atoms with E-state index in [4.69, 9.17) is 23.2 Å². The third kappa shape index (κ3) is 4.25. The molecule has 0 bridgehead atoms. The van der Waals surface area contributed by atoms with Gasteiger partial charge < -0.3 is 9.90 Å². The summed E-state index contributed by atoms with van der Waals surface area (Å²) in [4.78, 5) is 15.5. The van der Waals surface area contributed by atoms with Gasteiger partial charge in [-0.15, -0.1) is 5.10 Å². The maximum atomic E-state index is 11.3. The molecule has 0 saturated heterocycles. The van der Waals surface area contributed by atoms with Crippen molar-refractivity contribution in [2.45, 2.75) is 24.9 Å². The van der Waals surface area contributed by atoms with Gasteiger partial charge in [0.15, 0.2) is 0 Å². The zero-order chi connectivity index (χ0) is 16.1. The van der Waals surface area contributed by atoms with E-state index in [0.29, 0.717) is 21.6 Å². The average Bonchev–Trinajstić information content (AvgIpc) is 2.90. The topological polar surface area (TPSA) is 81.7 Å². The summed E-state index contributed by atoms with van der Waals surface area (Å²) < 4.78 is 0. The summed E-state index contributed by atoms with van der Waals surface area (Å²) >= 11 is 12.9. The molecule has 5 nitrogen and oxygen atoms in total. The van der Waals surface area contributed by atoms with E-state index < -0.39 is 5.97 Å². The Morgan fingerprint density at radius 1 is 1.45 bits per heavy atom. The summed E-state index contributed by atoms with van der Waals surface area (Å²) in [5, 5.41) is 19.0. The molecule has 0 atom stereocenters. The highest BCUT2D eigenvalue weighted by atomic mass is 35.5. The van der Waals surface area contributed by atoms with Crippen LogP contribution in [0, 0.1) is 0 Å². The smallest absolute Gasteiger partial charge is 0.213 e. The van der Waals surface area contributed by atoms with Crippen molar-refractivity contribution in [1.29, 1.82) is 0 Å². The second-order valence-electron chi connectivity index (χ2n) is 4.36. The molecule has 2 aromatic rings. The summed E-state index contributed by atoms with van der Waals surface area (Å²) in [5.74, 6) is -0.619. The molecule has 1 N–H and O–H groups in total. The van der Waals surface area contributed by atoms with Gasteiger partial charge >= 0.3 is 0 Å². The van der Waals surface area contributed by atoms with E-state index in [9.17, 15) is 9.90 Å². The Balaban J connectivity index is 2.27. The van der Waals surface area contributed by atoms with Crippen LogP contribution in [0.2, 0.25) is 10.0 Å². The van der Waals surface area contributed by atoms with Crippen LogP contribution in [0.3, 0.4) is 0 Å². The van der Waals surface area contributed by atoms with Crippen molar-refractivity contribution in [2.75, 3.05) is 0 Å². The molecule has 0 unspecified atom stereocenters. The van der Waals surface area contributed by atoms with Crippen LogP contribution in [-0.2, 0) is 11.2 Å². The highest BCUT2D eigenvalue weighted by Gasteiger charge is 2.10. The lowest BCUT2D eigenvalue weighted by Crippen LogP contribution is -2.23. The van der Waals surface area contributed by atoms with Gasteiger partial charge in [-0.3, -0.25) is 5.10 Å². The monoisotopic (exact) mass is 356 g/mol. The SMILES string of the molecule is CCCc1nc(S/C(=C\c2cccc(Cl)c2Cl)C(=O)[O-])n[nH]1. The Kier molecular flexibility index (Phi) is 5.88. The molecule has 0 aliphatic heterocycles. The number of rotatable bonds is 6. The normalized spacial score (nSPS) is 11.7. The summed E-state index contributed by atoms with van der Waals surface area (Å²) in [6.07, 6.45) is 3.06. The number of H-pyrrole nitrogens is 1. The number of halogens is 2. The van der Waals surface area contributed by atoms with Gasteiger partial charge in [0.05, 0.1) is 16.0 Å². The molecular weight excluding hydrogens is 345 g/mol. The van der Waals surface area contributed by atoms with E-state index in [1.807, 2.05) is 6.92 Å². The molecule has 0 radical (unpaired) electrons. The molecule has 8 heteroatoms. The number of aryl methyl sites for hydroxylation is 1. The maximum absolute atomic E-state index is 11.3. The Morgan fingerprint density at radius 3 is 2.91 bits per heavy atom. The van der Waals surface area contributed by atoms with Crippen LogP contribution in [0.25, 0.3) is 6.08 Å². The lowest BCUT2D eigenvalue weighted by atomic mass is 10.2. The van der Waals surface area contributed by atoms with E-state index in [2.05, 4.69) is 15.2 Å². The van der Waals surface area contributed by atoms with E-state index in [-0.39, 0.29) is 9.93 Å². The number of hydrogen-bond acceptors (Lipinski definition) is 5. The first-order valence-electron chi connectivity index (χ1n) is 6.47. The summed E-state index contributed by atoms with van der Waals surface area (Å²) in [6.45, 7) is 2.02. The molecule has 0 saturated carbocycles. The standard InChI is InChI=1S/C14H13Cl2N3O2S/c1-2-4-11-17-14(19-18-11)22-10(13(20)21)7-8-5-3-6-9(15)12(8)16/h3,5-7H,2,4H2,1H3,(H,20,21)(H,17,18,19)/p-1/b10-7-. The number of hydrogen-bond donors (Lipinski definition) is 1. The Hall–Kier alpha value is -1.50. The quantitative estimate of drug-likeness (QED) is 0.635. The molecule has 0 amide bonds. The van der Waals surface area contributed by atoms with Crippen molar-refractivity contribution in [2.24, 2.45) is 0 Å². The molecule has 1 aromatic heterocycles. The minimum atomic E-state index is -1.33. The number of nitrogens with zero attached hydrogens (tertiary/aromatic N) is 2. The number of thioether (sulfide) groups is 1. The lowest BCUT2D eigenvalue weighted by molar-refractivity contribution is -0.297. The number of carbonyl (C=O) groups is 1. The Morgan fingerprint density at radius 2 is 2.23 bits per heavy atom. The van der Waals surface area contributed by atoms with Crippen LogP contribution in [0.15, 0.2) is 28.3 Å². The average molecular weight is 357 g/mol. The lowest BCUT2D eigenvalue weighted by Gasteiger charge is -2.07. The summed E-state index contributed by atoms with van der Waals surface area (Å²) in [5.41, 5.74) is 0.491. The van der Waals surface area contributed by atoms with Crippen molar-refractivity contribution >= 4 is 47.0 Å². The van der Waals surface area contributed by atoms with Crippen molar-refractivity contribution in [3.05, 3.63) is 44.5 Å². The first kappa shape index (κ1) is 16.9. The van der Waals surface area contributed by atoms with E-state index in [1.54, 1.807) is 18.2 Å². The number of carboxylic acids is 1. The highest BCUT2D eigenvalue weighted by molar-refractivity contribution is 8.04. The summed E-state index contributed by atoms with van der Waals surface area (Å²) in [6, 6.07) is 4.97. The minimum absolute atomic E-state index is 0.0498. The van der Waals surface area contributed by atoms with Gasteiger partial charge in [0.25, 0.3) is 0 Å². The van der Waals surface area contributed by atoms with Crippen LogP contribution < -0.4 is 5.11 Å². The molecule has 22 heavy (non-hydrogen) atoms. The summed E-state index contributed by atoms with van der Waals surface area (Å²) in [7, 11) is 0. The second-order valence-corrected chi connectivity index (χ2v) is 6.15. The molecule has 116 valence electrons. The first-order chi connectivity index (χ1) is 10.5. The third-order valence-electron chi connectivity index (χ3n) is 2.67. The number of benzene rings is 1. The van der Waals surface area contributed by atoms with Crippen LogP contribution in [0.1, 0.15) is 24.7 Å². The van der Waals surface area contributed by atoms with Gasteiger partial charge in [-0.25, -0.2) is 4.98 Å². The van der Waals surface area contributed by atoms with Gasteiger partial charge in [0.1, 0.15) is 5.82 Å². The van der Waals surface area contributed by atoms with E-state index >= 15 is 0 Å². The van der Waals surface area contributed by atoms with E-state index in [1.165, 1.54) is 6.08 Å². The van der Waals surface area contributed by atoms with Crippen LogP contribution >= 0.6 is 35.0 Å². The minimum Gasteiger partial charge on any atom is -0.544 e. The Bertz CT molecular complexity index is 716. The molecule has 1 heterocycles. The molecule has 2 rings (SSSR count). The third-order valence-corrected chi connectivity index (χ3v) is 4.37. The van der Waals surface area contributed by atoms with Crippen molar-refractivity contribution in [3.8, 4) is 0 Å². The van der Waals surface area contributed by atoms with Gasteiger partial charge in [0, 0.05) is 11.3 Å². The number of nitrogens with one attached hydrogen (secondary N) is 1. The maximum Gasteiger partial charge on any atom is 0.213 e. The number of aromatic nitrogens is 3. The Labute approximate surface area is 141 Å². The zero-order valence-corrected chi connectivity index (χ0v) is 13.9. The number of aromatic amines is 1. The van der Waals surface area contributed by atoms with Gasteiger partial charge in [-0.2, -0.15) is 0 Å². The van der Waals surface area contributed by atoms with Crippen LogP contribution in [0.4, 0.5) is 0 Å². The predicted octanol–water partition coefficient (Wildman–Crippen LogP) is 2.95. The fourth-order valence-electron chi connectivity index (χ4n) is 1.67. The van der Waals surface area contributed by atoms with E-state index in [0.717, 1.165) is 24.6 Å². The van der Waals surface area contributed by atoms with Gasteiger partial charge in [0.2, 0.25) is 5.16 Å². The molecule has 0 aliphatic carbocycles. The van der Waals surface area contributed by atoms with Crippen molar-refractivity contribution < 1.29 is 9.90 Å². The molecule has 0 fully saturated rings. The van der Waals surface area contributed by atoms with Crippen LogP contribution in [-0.4, -0.2) is 21.2 Å². The van der Waals surface area contributed by atoms with Crippen molar-refractivity contribution in [3.63, 3.8) is 0 Å². The zero-order valence-electron chi connectivity index (χ0n) is 11.6. The molecule has 0 aliphatic rings. The van der Waals surface area contributed by atoms with Gasteiger partial charge in [-0.1, -0.05) is 42.3 Å². The number of carboxylic acid groups (broad SMARTS) is 1. The number of carbonyl (C=O) groups excluding carboxylic acids is 1. The number of aliphatic carboxylic acids is 1. The largest absolute Gasteiger partial charge is 0.544 e. The predicted molar refractivity (Wildman–Crippen MR) is 85.7 cm³/mol. The molecule has 0 spiro atoms. The molecular formula is C14H12Cl2N3O2S-. The van der Waals surface area contributed by atoms with Crippen molar-refractivity contribution in [1.82, 2.24) is 15.2 Å². The second kappa shape index (κ2) is 7.67. The highest BCUT2D eigenvalue weighted by Crippen LogP contribution is 2.30. The van der Waals surface area contributed by atoms with Gasteiger partial charge in [-0.05, 0) is 35.9 Å². The fraction of sp³-hybridized carbons (Fsp3) is 0.214. The van der Waals surface area contributed by atoms with Crippen LogP contribution in [0.5, 0.6) is 0 Å². The molecule has 1 aromatic carbocycles.